The molecule has 8 nitrogen and oxygen atoms in total. The Morgan fingerprint density at radius 1 is 0.967 bits per heavy atom. The molecule has 0 radical (unpaired) electrons. The Kier molecular flexibility index (Phi) is 4.62. The minimum atomic E-state index is -4.14. The van der Waals surface area contributed by atoms with E-state index in [1.54, 1.807) is 36.4 Å². The monoisotopic (exact) mass is 423 g/mol. The molecule has 0 atom stereocenters. The molecule has 2 aromatic heterocycles. The van der Waals surface area contributed by atoms with Crippen LogP contribution in [0.2, 0.25) is 0 Å². The van der Waals surface area contributed by atoms with Gasteiger partial charge < -0.3 is 4.74 Å². The van der Waals surface area contributed by atoms with Gasteiger partial charge in [0.1, 0.15) is 11.2 Å². The number of hydrogen-bond donors (Lipinski definition) is 0. The van der Waals surface area contributed by atoms with Crippen LogP contribution >= 0.6 is 0 Å². The standard InChI is InChI=1S/C21H17N3O5S/c1-12-8-10-14(11-9-12)30(27,28)24-16-7-5-4-6-15(16)17-18(13(2)25)22-23-19(20(17)24)21(26)29-3/h4-11H,1-3H3. The number of fused-ring (bicyclic) bond motifs is 3. The average Bonchev–Trinajstić information content (AvgIpc) is 3.08. The molecule has 0 fully saturated rings. The molecule has 2 aromatic carbocycles. The molecular weight excluding hydrogens is 406 g/mol. The Morgan fingerprint density at radius 3 is 2.23 bits per heavy atom. The summed E-state index contributed by atoms with van der Waals surface area (Å²) in [5.74, 6) is -1.26. The van der Waals surface area contributed by atoms with Gasteiger partial charge in [-0.05, 0) is 25.1 Å². The number of aromatic nitrogens is 3. The van der Waals surface area contributed by atoms with Crippen LogP contribution in [0.1, 0.15) is 33.5 Å². The number of ether oxygens (including phenoxy) is 1. The third-order valence-electron chi connectivity index (χ3n) is 4.81. The van der Waals surface area contributed by atoms with Crippen molar-refractivity contribution in [3.8, 4) is 0 Å². The van der Waals surface area contributed by atoms with Crippen molar-refractivity contribution < 1.29 is 22.7 Å². The Bertz CT molecular complexity index is 1440. The van der Waals surface area contributed by atoms with Gasteiger partial charge >= 0.3 is 5.97 Å². The second-order valence-electron chi connectivity index (χ2n) is 6.77. The molecule has 0 spiro atoms. The van der Waals surface area contributed by atoms with Crippen molar-refractivity contribution in [2.24, 2.45) is 0 Å². The first kappa shape index (κ1) is 19.7. The largest absolute Gasteiger partial charge is 0.464 e. The number of carbonyl (C=O) groups excluding carboxylic acids is 2. The maximum absolute atomic E-state index is 13.7. The smallest absolute Gasteiger partial charge is 0.360 e. The number of methoxy groups -OCH3 is 1. The molecule has 30 heavy (non-hydrogen) atoms. The fourth-order valence-electron chi connectivity index (χ4n) is 3.41. The number of rotatable bonds is 4. The zero-order valence-electron chi connectivity index (χ0n) is 16.4. The number of esters is 1. The molecule has 9 heteroatoms. The van der Waals surface area contributed by atoms with Crippen LogP contribution in [0.5, 0.6) is 0 Å². The number of para-hydroxylation sites is 1. The molecule has 0 aliphatic heterocycles. The highest BCUT2D eigenvalue weighted by molar-refractivity contribution is 7.90. The summed E-state index contributed by atoms with van der Waals surface area (Å²) in [4.78, 5) is 24.7. The predicted molar refractivity (Wildman–Crippen MR) is 110 cm³/mol. The zero-order valence-corrected chi connectivity index (χ0v) is 17.2. The van der Waals surface area contributed by atoms with Crippen molar-refractivity contribution in [3.05, 3.63) is 65.5 Å². The van der Waals surface area contributed by atoms with Crippen molar-refractivity contribution in [2.45, 2.75) is 18.7 Å². The van der Waals surface area contributed by atoms with Crippen LogP contribution in [0, 0.1) is 6.92 Å². The maximum atomic E-state index is 13.7. The molecule has 152 valence electrons. The molecule has 0 saturated heterocycles. The van der Waals surface area contributed by atoms with E-state index in [9.17, 15) is 18.0 Å². The molecule has 4 aromatic rings. The lowest BCUT2D eigenvalue weighted by molar-refractivity contribution is 0.0594. The third-order valence-corrected chi connectivity index (χ3v) is 6.54. The number of Topliss-reactive ketones (excluding diaryl/α,β-unsaturated/α-hetero) is 1. The van der Waals surface area contributed by atoms with E-state index < -0.39 is 21.8 Å². The number of nitrogens with zero attached hydrogens (tertiary/aromatic N) is 3. The lowest BCUT2D eigenvalue weighted by atomic mass is 10.1. The quantitative estimate of drug-likeness (QED) is 0.366. The average molecular weight is 423 g/mol. The van der Waals surface area contributed by atoms with Gasteiger partial charge in [0.15, 0.2) is 11.5 Å². The van der Waals surface area contributed by atoms with Crippen LogP contribution in [-0.4, -0.2) is 41.4 Å². The fraction of sp³-hybridized carbons (Fsp3) is 0.143. The number of benzene rings is 2. The first-order valence-corrected chi connectivity index (χ1v) is 10.4. The molecular formula is C21H17N3O5S. The minimum Gasteiger partial charge on any atom is -0.464 e. The first-order chi connectivity index (χ1) is 14.3. The van der Waals surface area contributed by atoms with Crippen molar-refractivity contribution in [1.82, 2.24) is 14.2 Å². The van der Waals surface area contributed by atoms with E-state index in [1.807, 2.05) is 6.92 Å². The predicted octanol–water partition coefficient (Wildman–Crippen LogP) is 3.12. The SMILES string of the molecule is COC(=O)c1nnc(C(C)=O)c2c3ccccc3n(S(=O)(=O)c3ccc(C)cc3)c12. The van der Waals surface area contributed by atoms with Gasteiger partial charge in [0.05, 0.1) is 17.5 Å². The van der Waals surface area contributed by atoms with E-state index >= 15 is 0 Å². The van der Waals surface area contributed by atoms with Crippen LogP contribution in [0.4, 0.5) is 0 Å². The van der Waals surface area contributed by atoms with Crippen LogP contribution in [0.15, 0.2) is 53.4 Å². The van der Waals surface area contributed by atoms with E-state index in [1.165, 1.54) is 19.1 Å². The van der Waals surface area contributed by atoms with E-state index in [2.05, 4.69) is 10.2 Å². The van der Waals surface area contributed by atoms with Crippen LogP contribution < -0.4 is 0 Å². The second-order valence-corrected chi connectivity index (χ2v) is 8.55. The lowest BCUT2D eigenvalue weighted by Gasteiger charge is -2.11. The molecule has 0 saturated carbocycles. The van der Waals surface area contributed by atoms with Gasteiger partial charge in [-0.1, -0.05) is 35.9 Å². The van der Waals surface area contributed by atoms with Gasteiger partial charge in [-0.25, -0.2) is 17.2 Å². The topological polar surface area (TPSA) is 108 Å². The molecule has 0 amide bonds. The lowest BCUT2D eigenvalue weighted by Crippen LogP contribution is -2.17. The third kappa shape index (κ3) is 2.86. The Balaban J connectivity index is 2.26. The molecule has 2 heterocycles. The summed E-state index contributed by atoms with van der Waals surface area (Å²) in [6.45, 7) is 3.16. The van der Waals surface area contributed by atoms with Crippen LogP contribution in [-0.2, 0) is 14.8 Å². The summed E-state index contributed by atoms with van der Waals surface area (Å²) in [5, 5.41) is 8.45. The van der Waals surface area contributed by atoms with Gasteiger partial charge in [0.2, 0.25) is 0 Å². The van der Waals surface area contributed by atoms with Gasteiger partial charge in [0.25, 0.3) is 10.0 Å². The fourth-order valence-corrected chi connectivity index (χ4v) is 4.94. The van der Waals surface area contributed by atoms with E-state index in [0.29, 0.717) is 10.9 Å². The molecule has 0 bridgehead atoms. The number of hydrogen-bond acceptors (Lipinski definition) is 7. The first-order valence-electron chi connectivity index (χ1n) is 8.98. The summed E-state index contributed by atoms with van der Waals surface area (Å²) in [5.41, 5.74) is 0.853. The summed E-state index contributed by atoms with van der Waals surface area (Å²) in [7, 11) is -2.98. The number of carbonyl (C=O) groups is 2. The second kappa shape index (κ2) is 7.03. The summed E-state index contributed by atoms with van der Waals surface area (Å²) < 4.78 is 33.1. The Labute approximate surface area is 172 Å². The summed E-state index contributed by atoms with van der Waals surface area (Å²) in [6.07, 6.45) is 0. The zero-order chi connectivity index (χ0) is 21.6. The molecule has 0 aliphatic carbocycles. The van der Waals surface area contributed by atoms with Gasteiger partial charge in [-0.3, -0.25) is 4.79 Å². The molecule has 0 N–H and O–H groups in total. The highest BCUT2D eigenvalue weighted by atomic mass is 32.2. The number of ketones is 1. The van der Waals surface area contributed by atoms with E-state index in [0.717, 1.165) is 16.6 Å². The van der Waals surface area contributed by atoms with E-state index in [-0.39, 0.29) is 27.2 Å². The number of aryl methyl sites for hydroxylation is 1. The van der Waals surface area contributed by atoms with Crippen molar-refractivity contribution in [1.29, 1.82) is 0 Å². The maximum Gasteiger partial charge on any atom is 0.360 e. The molecule has 0 unspecified atom stereocenters. The van der Waals surface area contributed by atoms with Crippen molar-refractivity contribution >= 4 is 43.6 Å². The summed E-state index contributed by atoms with van der Waals surface area (Å²) >= 11 is 0. The minimum absolute atomic E-state index is 0.0216. The van der Waals surface area contributed by atoms with E-state index in [4.69, 9.17) is 4.74 Å². The van der Waals surface area contributed by atoms with Crippen LogP contribution in [0.25, 0.3) is 21.8 Å². The molecule has 0 aliphatic rings. The highest BCUT2D eigenvalue weighted by Crippen LogP contribution is 2.35. The molecule has 4 rings (SSSR count). The Morgan fingerprint density at radius 2 is 1.60 bits per heavy atom. The van der Waals surface area contributed by atoms with Crippen LogP contribution in [0.3, 0.4) is 0 Å². The van der Waals surface area contributed by atoms with Gasteiger partial charge in [-0.15, -0.1) is 10.2 Å². The van der Waals surface area contributed by atoms with Gasteiger partial charge in [0, 0.05) is 17.7 Å². The van der Waals surface area contributed by atoms with Gasteiger partial charge in [-0.2, -0.15) is 0 Å². The Hall–Kier alpha value is -3.59. The summed E-state index contributed by atoms with van der Waals surface area (Å²) in [6, 6.07) is 13.0. The van der Waals surface area contributed by atoms with Crippen molar-refractivity contribution in [3.63, 3.8) is 0 Å². The highest BCUT2D eigenvalue weighted by Gasteiger charge is 2.30. The normalized spacial score (nSPS) is 11.7. The van der Waals surface area contributed by atoms with Crippen molar-refractivity contribution in [2.75, 3.05) is 7.11 Å².